The standard InChI is InChI=1S/C14H20BrNO/c1-9(2)10-6-11(14(8-16)4-5-14)13(17-3)12(15)7-10/h6-7,9H,4-5,8,16H2,1-3H3. The fourth-order valence-electron chi connectivity index (χ4n) is 2.28. The van der Waals surface area contributed by atoms with Crippen LogP contribution in [-0.4, -0.2) is 13.7 Å². The zero-order chi connectivity index (χ0) is 12.6. The summed E-state index contributed by atoms with van der Waals surface area (Å²) in [5, 5.41) is 0. The lowest BCUT2D eigenvalue weighted by Crippen LogP contribution is -2.21. The molecule has 94 valence electrons. The molecule has 1 saturated carbocycles. The third kappa shape index (κ3) is 2.23. The number of halogens is 1. The Hall–Kier alpha value is -0.540. The lowest BCUT2D eigenvalue weighted by molar-refractivity contribution is 0.401. The van der Waals surface area contributed by atoms with Crippen LogP contribution in [0.2, 0.25) is 0 Å². The second-order valence-corrected chi connectivity index (χ2v) is 6.08. The van der Waals surface area contributed by atoms with Crippen molar-refractivity contribution < 1.29 is 4.74 Å². The average Bonchev–Trinajstić information content (AvgIpc) is 3.08. The molecule has 0 bridgehead atoms. The molecule has 3 heteroatoms. The van der Waals surface area contributed by atoms with Crippen molar-refractivity contribution in [1.82, 2.24) is 0 Å². The van der Waals surface area contributed by atoms with Gasteiger partial charge in [-0.2, -0.15) is 0 Å². The van der Waals surface area contributed by atoms with Crippen LogP contribution in [-0.2, 0) is 5.41 Å². The van der Waals surface area contributed by atoms with Crippen LogP contribution >= 0.6 is 15.9 Å². The maximum absolute atomic E-state index is 5.93. The fourth-order valence-corrected chi connectivity index (χ4v) is 2.92. The minimum absolute atomic E-state index is 0.165. The third-order valence-electron chi connectivity index (χ3n) is 3.75. The Labute approximate surface area is 112 Å². The van der Waals surface area contributed by atoms with E-state index in [0.29, 0.717) is 12.5 Å². The summed E-state index contributed by atoms with van der Waals surface area (Å²) in [4.78, 5) is 0. The van der Waals surface area contributed by atoms with Crippen molar-refractivity contribution >= 4 is 15.9 Å². The van der Waals surface area contributed by atoms with Gasteiger partial charge in [-0.3, -0.25) is 0 Å². The molecular weight excluding hydrogens is 278 g/mol. The van der Waals surface area contributed by atoms with E-state index in [9.17, 15) is 0 Å². The van der Waals surface area contributed by atoms with E-state index in [1.807, 2.05) is 0 Å². The van der Waals surface area contributed by atoms with E-state index in [1.165, 1.54) is 24.0 Å². The first kappa shape index (κ1) is 12.9. The number of rotatable bonds is 4. The van der Waals surface area contributed by atoms with Gasteiger partial charge in [-0.25, -0.2) is 0 Å². The topological polar surface area (TPSA) is 35.2 Å². The molecule has 1 fully saturated rings. The molecule has 0 amide bonds. The molecule has 0 radical (unpaired) electrons. The van der Waals surface area contributed by atoms with Crippen LogP contribution in [0.3, 0.4) is 0 Å². The number of hydrogen-bond donors (Lipinski definition) is 1. The van der Waals surface area contributed by atoms with Gasteiger partial charge in [0.2, 0.25) is 0 Å². The van der Waals surface area contributed by atoms with Crippen molar-refractivity contribution in [1.29, 1.82) is 0 Å². The van der Waals surface area contributed by atoms with Gasteiger partial charge < -0.3 is 10.5 Å². The second-order valence-electron chi connectivity index (χ2n) is 5.22. The molecule has 0 saturated heterocycles. The summed E-state index contributed by atoms with van der Waals surface area (Å²) >= 11 is 3.61. The highest BCUT2D eigenvalue weighted by Gasteiger charge is 2.45. The van der Waals surface area contributed by atoms with Gasteiger partial charge in [0.1, 0.15) is 5.75 Å². The minimum Gasteiger partial charge on any atom is -0.495 e. The smallest absolute Gasteiger partial charge is 0.136 e. The summed E-state index contributed by atoms with van der Waals surface area (Å²) in [6.07, 6.45) is 2.35. The normalized spacial score (nSPS) is 17.3. The van der Waals surface area contributed by atoms with Crippen molar-refractivity contribution in [2.24, 2.45) is 5.73 Å². The van der Waals surface area contributed by atoms with Gasteiger partial charge in [-0.05, 0) is 46.3 Å². The van der Waals surface area contributed by atoms with Crippen molar-refractivity contribution in [2.75, 3.05) is 13.7 Å². The summed E-state index contributed by atoms with van der Waals surface area (Å²) in [5.74, 6) is 1.47. The zero-order valence-electron chi connectivity index (χ0n) is 10.7. The highest BCUT2D eigenvalue weighted by atomic mass is 79.9. The van der Waals surface area contributed by atoms with Gasteiger partial charge in [0.05, 0.1) is 11.6 Å². The van der Waals surface area contributed by atoms with Crippen molar-refractivity contribution in [3.63, 3.8) is 0 Å². The minimum atomic E-state index is 0.165. The predicted molar refractivity (Wildman–Crippen MR) is 74.7 cm³/mol. The number of benzene rings is 1. The van der Waals surface area contributed by atoms with E-state index in [-0.39, 0.29) is 5.41 Å². The molecule has 0 heterocycles. The highest BCUT2D eigenvalue weighted by Crippen LogP contribution is 2.52. The molecule has 2 nitrogen and oxygen atoms in total. The van der Waals surface area contributed by atoms with Gasteiger partial charge in [0, 0.05) is 17.5 Å². The SMILES string of the molecule is COc1c(Br)cc(C(C)C)cc1C1(CN)CC1. The van der Waals surface area contributed by atoms with Gasteiger partial charge in [0.25, 0.3) is 0 Å². The molecule has 17 heavy (non-hydrogen) atoms. The van der Waals surface area contributed by atoms with Crippen molar-refractivity contribution in [2.45, 2.75) is 38.0 Å². The Kier molecular flexibility index (Phi) is 3.50. The number of hydrogen-bond acceptors (Lipinski definition) is 2. The maximum atomic E-state index is 5.93. The van der Waals surface area contributed by atoms with E-state index in [4.69, 9.17) is 10.5 Å². The summed E-state index contributed by atoms with van der Waals surface area (Å²) in [6.45, 7) is 5.12. The molecule has 1 aromatic carbocycles. The third-order valence-corrected chi connectivity index (χ3v) is 4.34. The van der Waals surface area contributed by atoms with Gasteiger partial charge in [0.15, 0.2) is 0 Å². The van der Waals surface area contributed by atoms with Crippen LogP contribution < -0.4 is 10.5 Å². The average molecular weight is 298 g/mol. The number of nitrogens with two attached hydrogens (primary N) is 1. The molecule has 2 N–H and O–H groups in total. The van der Waals surface area contributed by atoms with E-state index >= 15 is 0 Å². The van der Waals surface area contributed by atoms with E-state index < -0.39 is 0 Å². The van der Waals surface area contributed by atoms with E-state index in [1.54, 1.807) is 7.11 Å². The molecule has 0 aromatic heterocycles. The summed E-state index contributed by atoms with van der Waals surface area (Å²) in [5.41, 5.74) is 8.71. The van der Waals surface area contributed by atoms with Gasteiger partial charge >= 0.3 is 0 Å². The van der Waals surface area contributed by atoms with Gasteiger partial charge in [-0.1, -0.05) is 19.9 Å². The van der Waals surface area contributed by atoms with Crippen LogP contribution in [0.5, 0.6) is 5.75 Å². The molecule has 0 atom stereocenters. The molecule has 0 spiro atoms. The molecule has 1 aromatic rings. The number of ether oxygens (including phenoxy) is 1. The largest absolute Gasteiger partial charge is 0.495 e. The van der Waals surface area contributed by atoms with Crippen LogP contribution in [0.1, 0.15) is 43.7 Å². The Morgan fingerprint density at radius 2 is 2.06 bits per heavy atom. The van der Waals surface area contributed by atoms with Crippen LogP contribution in [0.25, 0.3) is 0 Å². The zero-order valence-corrected chi connectivity index (χ0v) is 12.3. The molecule has 0 aliphatic heterocycles. The van der Waals surface area contributed by atoms with Gasteiger partial charge in [-0.15, -0.1) is 0 Å². The number of methoxy groups -OCH3 is 1. The molecule has 1 aliphatic rings. The highest BCUT2D eigenvalue weighted by molar-refractivity contribution is 9.10. The lowest BCUT2D eigenvalue weighted by atomic mass is 9.90. The molecule has 2 rings (SSSR count). The Morgan fingerprint density at radius 1 is 1.41 bits per heavy atom. The quantitative estimate of drug-likeness (QED) is 0.922. The molecule has 0 unspecified atom stereocenters. The predicted octanol–water partition coefficient (Wildman–Crippen LogP) is 3.57. The molecular formula is C14H20BrNO. The van der Waals surface area contributed by atoms with Crippen molar-refractivity contribution in [3.8, 4) is 5.75 Å². The Morgan fingerprint density at radius 3 is 2.47 bits per heavy atom. The molecule has 1 aliphatic carbocycles. The first-order valence-corrected chi connectivity index (χ1v) is 6.91. The Balaban J connectivity index is 2.55. The van der Waals surface area contributed by atoms with E-state index in [2.05, 4.69) is 41.9 Å². The summed E-state index contributed by atoms with van der Waals surface area (Å²) < 4.78 is 6.58. The van der Waals surface area contributed by atoms with Crippen LogP contribution in [0.15, 0.2) is 16.6 Å². The Bertz CT molecular complexity index is 424. The second kappa shape index (κ2) is 4.62. The van der Waals surface area contributed by atoms with E-state index in [0.717, 1.165) is 10.2 Å². The summed E-state index contributed by atoms with van der Waals surface area (Å²) in [6, 6.07) is 4.42. The first-order chi connectivity index (χ1) is 8.04. The monoisotopic (exact) mass is 297 g/mol. The van der Waals surface area contributed by atoms with Crippen molar-refractivity contribution in [3.05, 3.63) is 27.7 Å². The summed E-state index contributed by atoms with van der Waals surface area (Å²) in [7, 11) is 1.73. The van der Waals surface area contributed by atoms with Crippen LogP contribution in [0.4, 0.5) is 0 Å². The maximum Gasteiger partial charge on any atom is 0.136 e. The lowest BCUT2D eigenvalue weighted by Gasteiger charge is -2.20. The fraction of sp³-hybridized carbons (Fsp3) is 0.571. The van der Waals surface area contributed by atoms with Crippen LogP contribution in [0, 0.1) is 0 Å². The first-order valence-electron chi connectivity index (χ1n) is 6.12.